The van der Waals surface area contributed by atoms with E-state index in [4.69, 9.17) is 4.43 Å². The van der Waals surface area contributed by atoms with E-state index in [-0.39, 0.29) is 6.10 Å². The van der Waals surface area contributed by atoms with E-state index in [9.17, 15) is 13.2 Å². The number of rotatable bonds is 1. The van der Waals surface area contributed by atoms with Crippen molar-refractivity contribution in [2.75, 3.05) is 0 Å². The lowest BCUT2D eigenvalue weighted by Crippen LogP contribution is -2.30. The molecule has 0 N–H and O–H groups in total. The summed E-state index contributed by atoms with van der Waals surface area (Å²) in [6, 6.07) is 6.36. The third kappa shape index (κ3) is 3.70. The minimum absolute atomic E-state index is 0.261. The molecule has 5 heteroatoms. The molecule has 0 amide bonds. The van der Waals surface area contributed by atoms with Gasteiger partial charge in [-0.15, -0.1) is 0 Å². The van der Waals surface area contributed by atoms with Crippen LogP contribution in [0, 0.1) is 0 Å². The summed E-state index contributed by atoms with van der Waals surface area (Å²) in [5.74, 6) is 0. The SMILES string of the molecule is C[Si]1(C)CC=CCC(c2cccc(C(F)(F)F)c2)O1. The largest absolute Gasteiger partial charge is 0.416 e. The molecule has 0 fully saturated rings. The Balaban J connectivity index is 2.29. The van der Waals surface area contributed by atoms with E-state index in [2.05, 4.69) is 19.2 Å². The highest BCUT2D eigenvalue weighted by molar-refractivity contribution is 6.71. The molecular formula is C14H17F3OSi. The highest BCUT2D eigenvalue weighted by atomic mass is 28.4. The standard InChI is InChI=1S/C14H17F3OSi/c1-19(2)9-4-3-8-13(18-19)11-6-5-7-12(10-11)14(15,16)17/h3-7,10,13H,8-9H2,1-2H3. The first-order valence-electron chi connectivity index (χ1n) is 6.28. The second kappa shape index (κ2) is 5.13. The van der Waals surface area contributed by atoms with Gasteiger partial charge < -0.3 is 4.43 Å². The van der Waals surface area contributed by atoms with Crippen molar-refractivity contribution in [1.29, 1.82) is 0 Å². The lowest BCUT2D eigenvalue weighted by Gasteiger charge is -2.27. The third-order valence-electron chi connectivity index (χ3n) is 3.17. The number of halogens is 3. The molecule has 0 saturated carbocycles. The van der Waals surface area contributed by atoms with Crippen LogP contribution in [0.25, 0.3) is 0 Å². The normalized spacial score (nSPS) is 23.1. The van der Waals surface area contributed by atoms with E-state index in [0.29, 0.717) is 12.0 Å². The predicted molar refractivity (Wildman–Crippen MR) is 71.3 cm³/mol. The monoisotopic (exact) mass is 286 g/mol. The second-order valence-corrected chi connectivity index (χ2v) is 9.56. The highest BCUT2D eigenvalue weighted by Crippen LogP contribution is 2.35. The Labute approximate surface area is 112 Å². The van der Waals surface area contributed by atoms with Crippen molar-refractivity contribution in [2.24, 2.45) is 0 Å². The minimum Gasteiger partial charge on any atom is -0.410 e. The zero-order chi connectivity index (χ0) is 14.1. The Morgan fingerprint density at radius 2 is 1.95 bits per heavy atom. The van der Waals surface area contributed by atoms with Crippen LogP contribution in [-0.4, -0.2) is 8.32 Å². The molecule has 1 atom stereocenters. The smallest absolute Gasteiger partial charge is 0.410 e. The van der Waals surface area contributed by atoms with Crippen molar-refractivity contribution in [3.63, 3.8) is 0 Å². The van der Waals surface area contributed by atoms with Gasteiger partial charge in [0.1, 0.15) is 0 Å². The molecule has 0 saturated heterocycles. The average Bonchev–Trinajstić information content (AvgIpc) is 2.49. The molecule has 0 spiro atoms. The first-order valence-corrected chi connectivity index (χ1v) is 9.39. The molecular weight excluding hydrogens is 269 g/mol. The van der Waals surface area contributed by atoms with Crippen LogP contribution in [0.15, 0.2) is 36.4 Å². The molecule has 104 valence electrons. The first kappa shape index (κ1) is 14.3. The molecule has 19 heavy (non-hydrogen) atoms. The van der Waals surface area contributed by atoms with Gasteiger partial charge in [0, 0.05) is 0 Å². The lowest BCUT2D eigenvalue weighted by molar-refractivity contribution is -0.137. The fraction of sp³-hybridized carbons (Fsp3) is 0.429. The second-order valence-electron chi connectivity index (χ2n) is 5.40. The van der Waals surface area contributed by atoms with Crippen molar-refractivity contribution in [3.05, 3.63) is 47.5 Å². The Bertz CT molecular complexity index is 480. The molecule has 1 heterocycles. The lowest BCUT2D eigenvalue weighted by atomic mass is 10.0. The maximum Gasteiger partial charge on any atom is 0.416 e. The molecule has 1 nitrogen and oxygen atoms in total. The van der Waals surface area contributed by atoms with Crippen LogP contribution in [0.4, 0.5) is 13.2 Å². The Morgan fingerprint density at radius 3 is 2.63 bits per heavy atom. The molecule has 0 bridgehead atoms. The summed E-state index contributed by atoms with van der Waals surface area (Å²) in [4.78, 5) is 0. The summed E-state index contributed by atoms with van der Waals surface area (Å²) < 4.78 is 44.2. The van der Waals surface area contributed by atoms with E-state index in [0.717, 1.165) is 12.1 Å². The molecule has 1 aliphatic heterocycles. The van der Waals surface area contributed by atoms with Gasteiger partial charge in [-0.1, -0.05) is 24.3 Å². The summed E-state index contributed by atoms with van der Waals surface area (Å²) in [5.41, 5.74) is 0.00301. The molecule has 1 aliphatic rings. The van der Waals surface area contributed by atoms with Gasteiger partial charge in [0.15, 0.2) is 8.32 Å². The van der Waals surface area contributed by atoms with E-state index in [1.807, 2.05) is 6.08 Å². The topological polar surface area (TPSA) is 9.23 Å². The summed E-state index contributed by atoms with van der Waals surface area (Å²) in [7, 11) is -1.82. The van der Waals surface area contributed by atoms with E-state index in [1.165, 1.54) is 12.1 Å². The van der Waals surface area contributed by atoms with Crippen molar-refractivity contribution in [1.82, 2.24) is 0 Å². The van der Waals surface area contributed by atoms with E-state index >= 15 is 0 Å². The van der Waals surface area contributed by atoms with Crippen LogP contribution in [0.2, 0.25) is 19.1 Å². The molecule has 1 aromatic carbocycles. The van der Waals surface area contributed by atoms with Crippen LogP contribution >= 0.6 is 0 Å². The molecule has 1 aromatic rings. The van der Waals surface area contributed by atoms with Crippen LogP contribution in [0.5, 0.6) is 0 Å². The zero-order valence-electron chi connectivity index (χ0n) is 11.0. The van der Waals surface area contributed by atoms with Crippen LogP contribution in [-0.2, 0) is 10.6 Å². The number of allylic oxidation sites excluding steroid dienone is 1. The van der Waals surface area contributed by atoms with Crippen molar-refractivity contribution in [3.8, 4) is 0 Å². The quantitative estimate of drug-likeness (QED) is 0.525. The summed E-state index contributed by atoms with van der Waals surface area (Å²) >= 11 is 0. The molecule has 0 aliphatic carbocycles. The van der Waals surface area contributed by atoms with Gasteiger partial charge in [-0.25, -0.2) is 0 Å². The van der Waals surface area contributed by atoms with Gasteiger partial charge in [-0.3, -0.25) is 0 Å². The average molecular weight is 286 g/mol. The maximum atomic E-state index is 12.7. The first-order chi connectivity index (χ1) is 8.78. The number of benzene rings is 1. The molecule has 0 radical (unpaired) electrons. The molecule has 1 unspecified atom stereocenters. The van der Waals surface area contributed by atoms with Crippen molar-refractivity contribution in [2.45, 2.75) is 37.8 Å². The van der Waals surface area contributed by atoms with Crippen molar-refractivity contribution < 1.29 is 17.6 Å². The van der Waals surface area contributed by atoms with Gasteiger partial charge in [-0.05, 0) is 43.3 Å². The molecule has 2 rings (SSSR count). The maximum absolute atomic E-state index is 12.7. The van der Waals surface area contributed by atoms with Gasteiger partial charge >= 0.3 is 6.18 Å². The Kier molecular flexibility index (Phi) is 3.87. The number of hydrogen-bond acceptors (Lipinski definition) is 1. The van der Waals surface area contributed by atoms with E-state index < -0.39 is 20.1 Å². The fourth-order valence-electron chi connectivity index (χ4n) is 2.19. The molecule has 0 aromatic heterocycles. The van der Waals surface area contributed by atoms with E-state index in [1.54, 1.807) is 6.07 Å². The summed E-state index contributed by atoms with van der Waals surface area (Å²) in [6.07, 6.45) is 0.163. The summed E-state index contributed by atoms with van der Waals surface area (Å²) in [6.45, 7) is 4.17. The van der Waals surface area contributed by atoms with Gasteiger partial charge in [0.05, 0.1) is 11.7 Å². The Hall–Kier alpha value is -1.07. The van der Waals surface area contributed by atoms with Gasteiger partial charge in [0.2, 0.25) is 0 Å². The minimum atomic E-state index is -4.30. The van der Waals surface area contributed by atoms with Crippen LogP contribution < -0.4 is 0 Å². The number of alkyl halides is 3. The number of hydrogen-bond donors (Lipinski definition) is 0. The predicted octanol–water partition coefficient (Wildman–Crippen LogP) is 4.93. The van der Waals surface area contributed by atoms with Gasteiger partial charge in [-0.2, -0.15) is 13.2 Å². The van der Waals surface area contributed by atoms with Crippen LogP contribution in [0.3, 0.4) is 0 Å². The third-order valence-corrected chi connectivity index (χ3v) is 5.31. The van der Waals surface area contributed by atoms with Crippen LogP contribution in [0.1, 0.15) is 23.7 Å². The Morgan fingerprint density at radius 1 is 1.21 bits per heavy atom. The fourth-order valence-corrected chi connectivity index (χ4v) is 4.02. The van der Waals surface area contributed by atoms with Gasteiger partial charge in [0.25, 0.3) is 0 Å². The zero-order valence-corrected chi connectivity index (χ0v) is 12.0. The van der Waals surface area contributed by atoms with Crippen molar-refractivity contribution >= 4 is 8.32 Å². The highest BCUT2D eigenvalue weighted by Gasteiger charge is 2.32. The summed E-state index contributed by atoms with van der Waals surface area (Å²) in [5, 5.41) is 0.